The third-order valence-corrected chi connectivity index (χ3v) is 5.53. The highest BCUT2D eigenvalue weighted by atomic mass is 14.8. The summed E-state index contributed by atoms with van der Waals surface area (Å²) in [5.74, 6) is 1.73. The van der Waals surface area contributed by atoms with Crippen molar-refractivity contribution in [2.45, 2.75) is 72.6 Å². The van der Waals surface area contributed by atoms with Crippen LogP contribution in [0.4, 0.5) is 0 Å². The minimum Gasteiger partial charge on any atom is -0.313 e. The fourth-order valence-electron chi connectivity index (χ4n) is 3.35. The Morgan fingerprint density at radius 2 is 1.96 bits per heavy atom. The second kappa shape index (κ2) is 12.3. The topological polar surface area (TPSA) is 12.0 Å². The van der Waals surface area contributed by atoms with E-state index in [2.05, 4.69) is 57.8 Å². The fraction of sp³-hybridized carbons (Fsp3) is 0.652. The van der Waals surface area contributed by atoms with Crippen molar-refractivity contribution in [2.24, 2.45) is 11.8 Å². The molecule has 1 N–H and O–H groups in total. The van der Waals surface area contributed by atoms with Gasteiger partial charge in [-0.05, 0) is 61.3 Å². The van der Waals surface area contributed by atoms with E-state index >= 15 is 0 Å². The summed E-state index contributed by atoms with van der Waals surface area (Å²) in [6, 6.07) is 0. The molecule has 0 spiro atoms. The SMILES string of the molecule is C=CC(=CC=C(C)C1=CCNCC1)CCC(C)CCC(CC)CC. The van der Waals surface area contributed by atoms with Gasteiger partial charge in [0.2, 0.25) is 0 Å². The summed E-state index contributed by atoms with van der Waals surface area (Å²) in [4.78, 5) is 0. The van der Waals surface area contributed by atoms with E-state index in [-0.39, 0.29) is 0 Å². The smallest absolute Gasteiger partial charge is 0.0140 e. The molecule has 1 aliphatic heterocycles. The fourth-order valence-corrected chi connectivity index (χ4v) is 3.35. The Morgan fingerprint density at radius 3 is 2.54 bits per heavy atom. The normalized spacial score (nSPS) is 17.8. The highest BCUT2D eigenvalue weighted by molar-refractivity contribution is 5.35. The van der Waals surface area contributed by atoms with Crippen LogP contribution in [0.2, 0.25) is 0 Å². The van der Waals surface area contributed by atoms with Crippen LogP contribution >= 0.6 is 0 Å². The maximum atomic E-state index is 4.01. The Labute approximate surface area is 151 Å². The molecule has 136 valence electrons. The van der Waals surface area contributed by atoms with Gasteiger partial charge in [0.1, 0.15) is 0 Å². The van der Waals surface area contributed by atoms with Crippen molar-refractivity contribution in [3.63, 3.8) is 0 Å². The van der Waals surface area contributed by atoms with Gasteiger partial charge in [-0.2, -0.15) is 0 Å². The van der Waals surface area contributed by atoms with Crippen molar-refractivity contribution >= 4 is 0 Å². The molecule has 1 aliphatic rings. The lowest BCUT2D eigenvalue weighted by Gasteiger charge is -2.16. The predicted octanol–water partition coefficient (Wildman–Crippen LogP) is 6.60. The molecule has 1 unspecified atom stereocenters. The summed E-state index contributed by atoms with van der Waals surface area (Å²) in [6.45, 7) is 15.4. The van der Waals surface area contributed by atoms with Gasteiger partial charge in [0.05, 0.1) is 0 Å². The van der Waals surface area contributed by atoms with Crippen LogP contribution in [0, 0.1) is 11.8 Å². The molecule has 0 aromatic carbocycles. The molecule has 0 fully saturated rings. The Kier molecular flexibility index (Phi) is 10.7. The Hall–Kier alpha value is -1.08. The summed E-state index contributed by atoms with van der Waals surface area (Å²) in [5.41, 5.74) is 4.27. The lowest BCUT2D eigenvalue weighted by molar-refractivity contribution is 0.379. The first-order valence-electron chi connectivity index (χ1n) is 10.0. The van der Waals surface area contributed by atoms with Crippen LogP contribution in [-0.4, -0.2) is 13.1 Å². The molecule has 0 saturated heterocycles. The van der Waals surface area contributed by atoms with Gasteiger partial charge in [-0.1, -0.05) is 77.3 Å². The largest absolute Gasteiger partial charge is 0.313 e. The number of rotatable bonds is 11. The molecule has 1 nitrogen and oxygen atoms in total. The quantitative estimate of drug-likeness (QED) is 0.421. The van der Waals surface area contributed by atoms with Gasteiger partial charge in [0, 0.05) is 6.54 Å². The monoisotopic (exact) mass is 329 g/mol. The van der Waals surface area contributed by atoms with Gasteiger partial charge >= 0.3 is 0 Å². The van der Waals surface area contributed by atoms with Crippen molar-refractivity contribution < 1.29 is 0 Å². The third kappa shape index (κ3) is 8.15. The van der Waals surface area contributed by atoms with Gasteiger partial charge in [0.15, 0.2) is 0 Å². The summed E-state index contributed by atoms with van der Waals surface area (Å²) in [7, 11) is 0. The van der Waals surface area contributed by atoms with E-state index in [0.717, 1.165) is 37.8 Å². The summed E-state index contributed by atoms with van der Waals surface area (Å²) >= 11 is 0. The molecule has 0 aromatic rings. The maximum Gasteiger partial charge on any atom is 0.0140 e. The van der Waals surface area contributed by atoms with Crippen molar-refractivity contribution in [2.75, 3.05) is 13.1 Å². The van der Waals surface area contributed by atoms with E-state index < -0.39 is 0 Å². The van der Waals surface area contributed by atoms with Crippen molar-refractivity contribution in [3.8, 4) is 0 Å². The minimum atomic E-state index is 0.811. The zero-order chi connectivity index (χ0) is 17.8. The van der Waals surface area contributed by atoms with Crippen LogP contribution in [0.1, 0.15) is 72.6 Å². The standard InChI is InChI=1S/C23H39N/c1-6-21(7-2)12-9-19(4)10-13-22(8-3)14-11-20(5)23-15-17-24-18-16-23/h8,11,14-15,19,21,24H,3,6-7,9-10,12-13,16-18H2,1-2,4-5H3. The molecule has 1 atom stereocenters. The zero-order valence-electron chi connectivity index (χ0n) is 16.5. The van der Waals surface area contributed by atoms with Crippen LogP contribution in [0.25, 0.3) is 0 Å². The van der Waals surface area contributed by atoms with Crippen molar-refractivity contribution in [3.05, 3.63) is 47.6 Å². The van der Waals surface area contributed by atoms with Crippen LogP contribution in [-0.2, 0) is 0 Å². The van der Waals surface area contributed by atoms with Crippen molar-refractivity contribution in [1.82, 2.24) is 5.32 Å². The highest BCUT2D eigenvalue weighted by Crippen LogP contribution is 2.23. The van der Waals surface area contributed by atoms with E-state index in [1.807, 2.05) is 6.08 Å². The zero-order valence-corrected chi connectivity index (χ0v) is 16.5. The van der Waals surface area contributed by atoms with Gasteiger partial charge in [-0.15, -0.1) is 0 Å². The molecule has 1 rings (SSSR count). The second-order valence-electron chi connectivity index (χ2n) is 7.38. The van der Waals surface area contributed by atoms with Gasteiger partial charge in [-0.3, -0.25) is 0 Å². The minimum absolute atomic E-state index is 0.811. The molecular weight excluding hydrogens is 290 g/mol. The Morgan fingerprint density at radius 1 is 1.21 bits per heavy atom. The first-order valence-corrected chi connectivity index (χ1v) is 10.0. The molecule has 1 heterocycles. The molecule has 1 heteroatoms. The van der Waals surface area contributed by atoms with Crippen LogP contribution in [0.3, 0.4) is 0 Å². The lowest BCUT2D eigenvalue weighted by atomic mass is 9.90. The first-order chi connectivity index (χ1) is 11.6. The molecular formula is C23H39N. The average molecular weight is 330 g/mol. The summed E-state index contributed by atoms with van der Waals surface area (Å²) < 4.78 is 0. The maximum absolute atomic E-state index is 4.01. The molecule has 0 saturated carbocycles. The van der Waals surface area contributed by atoms with Crippen LogP contribution in [0.15, 0.2) is 47.6 Å². The summed E-state index contributed by atoms with van der Waals surface area (Å²) in [5, 5.41) is 3.37. The molecule has 0 bridgehead atoms. The number of hydrogen-bond acceptors (Lipinski definition) is 1. The first kappa shape index (κ1) is 21.0. The average Bonchev–Trinajstić information content (AvgIpc) is 2.63. The van der Waals surface area contributed by atoms with Gasteiger partial charge < -0.3 is 5.32 Å². The van der Waals surface area contributed by atoms with Gasteiger partial charge in [-0.25, -0.2) is 0 Å². The molecule has 0 amide bonds. The van der Waals surface area contributed by atoms with E-state index in [9.17, 15) is 0 Å². The van der Waals surface area contributed by atoms with E-state index in [4.69, 9.17) is 0 Å². The van der Waals surface area contributed by atoms with Gasteiger partial charge in [0.25, 0.3) is 0 Å². The Balaban J connectivity index is 2.45. The number of nitrogens with one attached hydrogen (secondary N) is 1. The van der Waals surface area contributed by atoms with Crippen LogP contribution in [0.5, 0.6) is 0 Å². The molecule has 0 aromatic heterocycles. The van der Waals surface area contributed by atoms with Crippen molar-refractivity contribution in [1.29, 1.82) is 0 Å². The van der Waals surface area contributed by atoms with E-state index in [0.29, 0.717) is 0 Å². The highest BCUT2D eigenvalue weighted by Gasteiger charge is 2.08. The lowest BCUT2D eigenvalue weighted by Crippen LogP contribution is -2.20. The van der Waals surface area contributed by atoms with E-state index in [1.54, 1.807) is 0 Å². The third-order valence-electron chi connectivity index (χ3n) is 5.53. The van der Waals surface area contributed by atoms with E-state index in [1.165, 1.54) is 48.8 Å². The predicted molar refractivity (Wildman–Crippen MR) is 109 cm³/mol. The molecule has 24 heavy (non-hydrogen) atoms. The molecule has 0 radical (unpaired) electrons. The van der Waals surface area contributed by atoms with Crippen LogP contribution < -0.4 is 5.32 Å². The number of allylic oxidation sites excluding steroid dienone is 5. The Bertz CT molecular complexity index is 449. The second-order valence-corrected chi connectivity index (χ2v) is 7.38. The summed E-state index contributed by atoms with van der Waals surface area (Å²) in [6.07, 6.45) is 17.9. The number of hydrogen-bond donors (Lipinski definition) is 1. The molecule has 0 aliphatic carbocycles.